The van der Waals surface area contributed by atoms with Crippen molar-refractivity contribution in [2.45, 2.75) is 66.7 Å². The summed E-state index contributed by atoms with van der Waals surface area (Å²) in [7, 11) is 0. The second-order valence-electron chi connectivity index (χ2n) is 8.17. The maximum Gasteiger partial charge on any atom is 0.293 e. The third kappa shape index (κ3) is 11.6. The Bertz CT molecular complexity index is 699. The van der Waals surface area contributed by atoms with Crippen molar-refractivity contribution in [3.8, 4) is 12.3 Å². The third-order valence-electron chi connectivity index (χ3n) is 4.68. The summed E-state index contributed by atoms with van der Waals surface area (Å²) in [6, 6.07) is 0. The number of hydrogen-bond donors (Lipinski definition) is 0. The molecule has 0 aliphatic rings. The smallest absolute Gasteiger partial charge is 0.293 e. The van der Waals surface area contributed by atoms with Crippen LogP contribution in [0.3, 0.4) is 0 Å². The Morgan fingerprint density at radius 1 is 1.20 bits per heavy atom. The third-order valence-corrected chi connectivity index (χ3v) is 4.68. The van der Waals surface area contributed by atoms with Crippen LogP contribution in [0.5, 0.6) is 0 Å². The van der Waals surface area contributed by atoms with E-state index in [4.69, 9.17) is 15.9 Å². The molecule has 0 unspecified atom stereocenters. The van der Waals surface area contributed by atoms with Crippen molar-refractivity contribution in [3.63, 3.8) is 0 Å². The quantitative estimate of drug-likeness (QED) is 0.106. The zero-order chi connectivity index (χ0) is 23.0. The van der Waals surface area contributed by atoms with Crippen LogP contribution in [0.4, 0.5) is 0 Å². The topological polar surface area (TPSA) is 52.6 Å². The second kappa shape index (κ2) is 15.5. The first-order valence-corrected chi connectivity index (χ1v) is 10.4. The molecule has 0 amide bonds. The molecule has 0 rings (SSSR count). The number of carbonyl (C=O) groups is 2. The number of Topliss-reactive ketones (excluding diaryl/α,β-unsaturated/α-hetero) is 1. The van der Waals surface area contributed by atoms with E-state index in [0.717, 1.165) is 35.1 Å². The largest absolute Gasteiger partial charge is 0.463 e. The van der Waals surface area contributed by atoms with Gasteiger partial charge < -0.3 is 9.47 Å². The normalized spacial score (nSPS) is 13.0. The monoisotopic (exact) mass is 414 g/mol. The van der Waals surface area contributed by atoms with Crippen LogP contribution in [0, 0.1) is 17.8 Å². The van der Waals surface area contributed by atoms with Crippen molar-refractivity contribution >= 4 is 12.3 Å². The Hall–Kier alpha value is -2.38. The first-order chi connectivity index (χ1) is 14.2. The molecule has 0 heterocycles. The number of unbranched alkanes of at least 4 members (excludes halogenated alkanes) is 1. The molecule has 0 N–H and O–H groups in total. The van der Waals surface area contributed by atoms with E-state index in [2.05, 4.69) is 32.4 Å². The summed E-state index contributed by atoms with van der Waals surface area (Å²) >= 11 is 0. The lowest BCUT2D eigenvalue weighted by molar-refractivity contribution is -0.127. The van der Waals surface area contributed by atoms with Crippen LogP contribution in [-0.4, -0.2) is 32.1 Å². The van der Waals surface area contributed by atoms with Gasteiger partial charge in [-0.15, -0.1) is 12.3 Å². The van der Waals surface area contributed by atoms with Crippen LogP contribution < -0.4 is 0 Å². The predicted octanol–water partition coefficient (Wildman–Crippen LogP) is 5.75. The van der Waals surface area contributed by atoms with E-state index in [-0.39, 0.29) is 24.2 Å². The Kier molecular flexibility index (Phi) is 14.2. The highest BCUT2D eigenvalue weighted by Crippen LogP contribution is 2.27. The first kappa shape index (κ1) is 27.6. The molecule has 30 heavy (non-hydrogen) atoms. The lowest BCUT2D eigenvalue weighted by Gasteiger charge is -2.24. The summed E-state index contributed by atoms with van der Waals surface area (Å²) in [5, 5.41) is 0. The fourth-order valence-corrected chi connectivity index (χ4v) is 2.98. The molecule has 0 bridgehead atoms. The average Bonchev–Trinajstić information content (AvgIpc) is 2.68. The maximum atomic E-state index is 12.6. The van der Waals surface area contributed by atoms with Crippen LogP contribution >= 0.6 is 0 Å². The molecule has 4 nitrogen and oxygen atoms in total. The summed E-state index contributed by atoms with van der Waals surface area (Å²) in [5.41, 5.74) is 3.18. The van der Waals surface area contributed by atoms with Crippen LogP contribution in [0.1, 0.15) is 66.7 Å². The minimum absolute atomic E-state index is 0.124. The van der Waals surface area contributed by atoms with Gasteiger partial charge in [-0.3, -0.25) is 9.59 Å². The van der Waals surface area contributed by atoms with Crippen LogP contribution in [0.15, 0.2) is 47.1 Å². The Morgan fingerprint density at radius 3 is 2.43 bits per heavy atom. The Balaban J connectivity index is 5.64. The lowest BCUT2D eigenvalue weighted by Crippen LogP contribution is -2.21. The van der Waals surface area contributed by atoms with Gasteiger partial charge in [0.1, 0.15) is 12.4 Å². The van der Waals surface area contributed by atoms with Gasteiger partial charge in [-0.1, -0.05) is 44.2 Å². The van der Waals surface area contributed by atoms with Gasteiger partial charge in [-0.25, -0.2) is 0 Å². The molecule has 0 saturated carbocycles. The van der Waals surface area contributed by atoms with Gasteiger partial charge in [0.2, 0.25) is 0 Å². The molecule has 0 aromatic carbocycles. The molecule has 0 fully saturated rings. The van der Waals surface area contributed by atoms with Gasteiger partial charge in [0.15, 0.2) is 0 Å². The Morgan fingerprint density at radius 2 is 1.90 bits per heavy atom. The van der Waals surface area contributed by atoms with Crippen LogP contribution in [0.2, 0.25) is 0 Å². The number of rotatable bonds is 16. The van der Waals surface area contributed by atoms with Crippen molar-refractivity contribution < 1.29 is 19.1 Å². The van der Waals surface area contributed by atoms with Crippen molar-refractivity contribution in [2.75, 3.05) is 19.8 Å². The summed E-state index contributed by atoms with van der Waals surface area (Å²) in [6.45, 7) is 15.2. The SMILES string of the molecule is C#CCC(C)(C)COCC(/C(=C\C)COC=O)=C(\CC(=O)CCC/C=C\C)C(=C)C. The van der Waals surface area contributed by atoms with Gasteiger partial charge in [0, 0.05) is 19.3 Å². The lowest BCUT2D eigenvalue weighted by atomic mass is 9.90. The van der Waals surface area contributed by atoms with Gasteiger partial charge >= 0.3 is 0 Å². The fraction of sp³-hybridized carbons (Fsp3) is 0.538. The zero-order valence-corrected chi connectivity index (χ0v) is 19.4. The highest BCUT2D eigenvalue weighted by atomic mass is 16.5. The summed E-state index contributed by atoms with van der Waals surface area (Å²) in [5.74, 6) is 2.84. The fourth-order valence-electron chi connectivity index (χ4n) is 2.98. The minimum Gasteiger partial charge on any atom is -0.463 e. The van der Waals surface area contributed by atoms with Crippen LogP contribution in [-0.2, 0) is 19.1 Å². The van der Waals surface area contributed by atoms with Crippen molar-refractivity contribution in [1.82, 2.24) is 0 Å². The number of ether oxygens (including phenoxy) is 2. The van der Waals surface area contributed by atoms with Crippen molar-refractivity contribution in [2.24, 2.45) is 5.41 Å². The van der Waals surface area contributed by atoms with E-state index >= 15 is 0 Å². The standard InChI is InChI=1S/C26H38O4/c1-8-11-12-13-14-23(28)16-24(21(4)5)25(22(10-3)17-30-20-27)18-29-19-26(6,7)15-9-2/h2,8,10-11,20H,4,12-19H2,1,3,5-7H3/b11-8-,22-10-,25-24-. The second-order valence-corrected chi connectivity index (χ2v) is 8.17. The summed E-state index contributed by atoms with van der Waals surface area (Å²) in [6.07, 6.45) is 14.5. The van der Waals surface area contributed by atoms with Crippen molar-refractivity contribution in [1.29, 1.82) is 0 Å². The summed E-state index contributed by atoms with van der Waals surface area (Å²) < 4.78 is 11.0. The molecule has 0 aliphatic carbocycles. The Labute approximate surface area is 183 Å². The van der Waals surface area contributed by atoms with E-state index < -0.39 is 0 Å². The van der Waals surface area contributed by atoms with Gasteiger partial charge in [0.25, 0.3) is 6.47 Å². The van der Waals surface area contributed by atoms with E-state index in [1.807, 2.05) is 32.9 Å². The minimum atomic E-state index is -0.152. The molecule has 0 atom stereocenters. The van der Waals surface area contributed by atoms with E-state index in [9.17, 15) is 9.59 Å². The molecule has 0 aliphatic heterocycles. The molecule has 0 radical (unpaired) electrons. The highest BCUT2D eigenvalue weighted by molar-refractivity contribution is 5.82. The number of terminal acetylenes is 1. The molecule has 0 saturated heterocycles. The van der Waals surface area contributed by atoms with E-state index in [0.29, 0.717) is 32.5 Å². The average molecular weight is 415 g/mol. The van der Waals surface area contributed by atoms with Crippen molar-refractivity contribution in [3.05, 3.63) is 47.1 Å². The number of carbonyl (C=O) groups excluding carboxylic acids is 2. The van der Waals surface area contributed by atoms with Gasteiger partial charge in [-0.2, -0.15) is 0 Å². The molecular formula is C26H38O4. The van der Waals surface area contributed by atoms with E-state index in [1.54, 1.807) is 0 Å². The predicted molar refractivity (Wildman–Crippen MR) is 124 cm³/mol. The van der Waals surface area contributed by atoms with Gasteiger partial charge in [0.05, 0.1) is 13.2 Å². The first-order valence-electron chi connectivity index (χ1n) is 10.4. The number of ketones is 1. The van der Waals surface area contributed by atoms with E-state index in [1.165, 1.54) is 0 Å². The summed E-state index contributed by atoms with van der Waals surface area (Å²) in [4.78, 5) is 23.3. The molecule has 166 valence electrons. The zero-order valence-electron chi connectivity index (χ0n) is 19.4. The number of hydrogen-bond acceptors (Lipinski definition) is 4. The molecule has 0 spiro atoms. The van der Waals surface area contributed by atoms with Crippen LogP contribution in [0.25, 0.3) is 0 Å². The molecular weight excluding hydrogens is 376 g/mol. The molecule has 0 aromatic heterocycles. The van der Waals surface area contributed by atoms with Gasteiger partial charge in [-0.05, 0) is 55.7 Å². The maximum absolute atomic E-state index is 12.6. The molecule has 0 aromatic rings. The molecule has 4 heteroatoms. The number of allylic oxidation sites excluding steroid dienone is 5. The highest BCUT2D eigenvalue weighted by Gasteiger charge is 2.20.